The minimum Gasteiger partial charge on any atom is -0.339 e. The normalized spacial score (nSPS) is 15.2. The number of piperidine rings is 1. The smallest absolute Gasteiger partial charge is 0.255 e. The second kappa shape index (κ2) is 9.73. The maximum atomic E-state index is 13.2. The highest BCUT2D eigenvalue weighted by Gasteiger charge is 2.30. The topological polar surface area (TPSA) is 86.8 Å². The molecule has 0 aliphatic carbocycles. The molecule has 7 nitrogen and oxygen atoms in total. The molecule has 8 heteroatoms. The summed E-state index contributed by atoms with van der Waals surface area (Å²) in [6.45, 7) is 6.70. The molecule has 0 saturated carbocycles. The molecule has 32 heavy (non-hydrogen) atoms. The lowest BCUT2D eigenvalue weighted by Crippen LogP contribution is -2.45. The largest absolute Gasteiger partial charge is 0.339 e. The maximum absolute atomic E-state index is 13.2. The van der Waals surface area contributed by atoms with Crippen LogP contribution in [0.4, 0.5) is 11.4 Å². The first-order chi connectivity index (χ1) is 15.1. The summed E-state index contributed by atoms with van der Waals surface area (Å²) in [6.07, 6.45) is 4.13. The van der Waals surface area contributed by atoms with Gasteiger partial charge in [-0.25, -0.2) is 8.42 Å². The molecule has 0 unspecified atom stereocenters. The number of hydrogen-bond acceptors (Lipinski definition) is 4. The van der Waals surface area contributed by atoms with Crippen LogP contribution >= 0.6 is 0 Å². The molecule has 1 aliphatic rings. The minimum atomic E-state index is -3.73. The van der Waals surface area contributed by atoms with E-state index in [1.165, 1.54) is 0 Å². The molecule has 1 aliphatic heterocycles. The van der Waals surface area contributed by atoms with Crippen molar-refractivity contribution in [2.45, 2.75) is 46.1 Å². The summed E-state index contributed by atoms with van der Waals surface area (Å²) < 4.78 is 26.4. The van der Waals surface area contributed by atoms with Gasteiger partial charge in [0.25, 0.3) is 5.91 Å². The van der Waals surface area contributed by atoms with E-state index >= 15 is 0 Å². The molecule has 1 fully saturated rings. The predicted octanol–water partition coefficient (Wildman–Crippen LogP) is 3.72. The number of sulfonamides is 1. The van der Waals surface area contributed by atoms with E-state index in [2.05, 4.69) is 5.32 Å². The molecule has 1 atom stereocenters. The van der Waals surface area contributed by atoms with Crippen LogP contribution in [0.25, 0.3) is 0 Å². The van der Waals surface area contributed by atoms with Gasteiger partial charge in [-0.05, 0) is 75.4 Å². The van der Waals surface area contributed by atoms with Crippen molar-refractivity contribution in [3.8, 4) is 0 Å². The molecular formula is C24H31N3O4S. The van der Waals surface area contributed by atoms with Crippen LogP contribution in [0.15, 0.2) is 42.5 Å². The number of rotatable bonds is 6. The standard InChI is InChI=1S/C24H31N3O4S/c1-17-14-18(2)16-20(15-17)27(32(4,30)31)19(3)23(28)25-22-11-7-6-10-21(22)24(29)26-12-8-5-9-13-26/h6-7,10-11,14-16,19H,5,8-9,12-13H2,1-4H3,(H,25,28)/t19-/m1/s1. The molecule has 1 heterocycles. The Kier molecular flexibility index (Phi) is 7.23. The van der Waals surface area contributed by atoms with Crippen LogP contribution in [0.2, 0.25) is 0 Å². The monoisotopic (exact) mass is 457 g/mol. The van der Waals surface area contributed by atoms with Crippen molar-refractivity contribution < 1.29 is 18.0 Å². The number of anilines is 2. The summed E-state index contributed by atoms with van der Waals surface area (Å²) in [5.74, 6) is -0.629. The van der Waals surface area contributed by atoms with Crippen molar-refractivity contribution in [3.63, 3.8) is 0 Å². The Labute approximate surface area is 190 Å². The first kappa shape index (κ1) is 23.8. The number of carbonyl (C=O) groups is 2. The van der Waals surface area contributed by atoms with E-state index in [1.807, 2.05) is 19.9 Å². The number of para-hydroxylation sites is 1. The molecule has 0 aromatic heterocycles. The van der Waals surface area contributed by atoms with Gasteiger partial charge in [0.05, 0.1) is 23.2 Å². The molecule has 1 N–H and O–H groups in total. The molecule has 2 amide bonds. The van der Waals surface area contributed by atoms with E-state index in [1.54, 1.807) is 48.2 Å². The van der Waals surface area contributed by atoms with Crippen LogP contribution in [0.5, 0.6) is 0 Å². The molecule has 0 radical (unpaired) electrons. The van der Waals surface area contributed by atoms with Gasteiger partial charge < -0.3 is 10.2 Å². The maximum Gasteiger partial charge on any atom is 0.255 e. The second-order valence-corrected chi connectivity index (χ2v) is 10.3. The average molecular weight is 458 g/mol. The lowest BCUT2D eigenvalue weighted by molar-refractivity contribution is -0.116. The van der Waals surface area contributed by atoms with Gasteiger partial charge in [0.15, 0.2) is 0 Å². The molecule has 3 rings (SSSR count). The average Bonchev–Trinajstić information content (AvgIpc) is 2.72. The number of likely N-dealkylation sites (tertiary alicyclic amines) is 1. The van der Waals surface area contributed by atoms with Crippen molar-refractivity contribution in [1.82, 2.24) is 4.90 Å². The molecule has 1 saturated heterocycles. The highest BCUT2D eigenvalue weighted by Crippen LogP contribution is 2.25. The van der Waals surface area contributed by atoms with E-state index in [9.17, 15) is 18.0 Å². The van der Waals surface area contributed by atoms with Crippen LogP contribution in [0.1, 0.15) is 47.7 Å². The minimum absolute atomic E-state index is 0.123. The van der Waals surface area contributed by atoms with E-state index in [0.29, 0.717) is 30.0 Å². The first-order valence-electron chi connectivity index (χ1n) is 10.8. The molecule has 2 aromatic carbocycles. The fourth-order valence-electron chi connectivity index (χ4n) is 4.17. The number of carbonyl (C=O) groups excluding carboxylic acids is 2. The lowest BCUT2D eigenvalue weighted by Gasteiger charge is -2.30. The Balaban J connectivity index is 1.88. The van der Waals surface area contributed by atoms with Gasteiger partial charge in [0.1, 0.15) is 6.04 Å². The highest BCUT2D eigenvalue weighted by atomic mass is 32.2. The molecule has 2 aromatic rings. The highest BCUT2D eigenvalue weighted by molar-refractivity contribution is 7.92. The second-order valence-electron chi connectivity index (χ2n) is 8.47. The summed E-state index contributed by atoms with van der Waals surface area (Å²) in [4.78, 5) is 28.0. The van der Waals surface area contributed by atoms with Crippen molar-refractivity contribution in [3.05, 3.63) is 59.2 Å². The van der Waals surface area contributed by atoms with Crippen LogP contribution in [-0.2, 0) is 14.8 Å². The van der Waals surface area contributed by atoms with Crippen molar-refractivity contribution in [2.24, 2.45) is 0 Å². The number of benzene rings is 2. The van der Waals surface area contributed by atoms with Crippen LogP contribution < -0.4 is 9.62 Å². The van der Waals surface area contributed by atoms with E-state index < -0.39 is 22.0 Å². The SMILES string of the molecule is Cc1cc(C)cc(N([C@H](C)C(=O)Nc2ccccc2C(=O)N2CCCCC2)S(C)(=O)=O)c1. The van der Waals surface area contributed by atoms with E-state index in [0.717, 1.165) is 41.0 Å². The summed E-state index contributed by atoms with van der Waals surface area (Å²) >= 11 is 0. The zero-order chi connectivity index (χ0) is 23.5. The van der Waals surface area contributed by atoms with Crippen molar-refractivity contribution in [1.29, 1.82) is 0 Å². The van der Waals surface area contributed by atoms with Gasteiger partial charge in [-0.3, -0.25) is 13.9 Å². The number of aryl methyl sites for hydroxylation is 2. The summed E-state index contributed by atoms with van der Waals surface area (Å²) in [6, 6.07) is 11.3. The van der Waals surface area contributed by atoms with Crippen molar-refractivity contribution in [2.75, 3.05) is 29.0 Å². The fraction of sp³-hybridized carbons (Fsp3) is 0.417. The van der Waals surface area contributed by atoms with Gasteiger partial charge in [0, 0.05) is 13.1 Å². The van der Waals surface area contributed by atoms with Gasteiger partial charge >= 0.3 is 0 Å². The molecular weight excluding hydrogens is 426 g/mol. The van der Waals surface area contributed by atoms with Crippen LogP contribution in [0, 0.1) is 13.8 Å². The van der Waals surface area contributed by atoms with Gasteiger partial charge in [-0.15, -0.1) is 0 Å². The Morgan fingerprint density at radius 3 is 2.19 bits per heavy atom. The third-order valence-corrected chi connectivity index (χ3v) is 6.85. The molecule has 172 valence electrons. The number of amides is 2. The zero-order valence-corrected chi connectivity index (χ0v) is 19.9. The van der Waals surface area contributed by atoms with Crippen LogP contribution in [-0.4, -0.2) is 50.5 Å². The van der Waals surface area contributed by atoms with Crippen LogP contribution in [0.3, 0.4) is 0 Å². The first-order valence-corrected chi connectivity index (χ1v) is 12.7. The van der Waals surface area contributed by atoms with Gasteiger partial charge in [-0.1, -0.05) is 18.2 Å². The number of nitrogens with one attached hydrogen (secondary N) is 1. The van der Waals surface area contributed by atoms with E-state index in [4.69, 9.17) is 0 Å². The molecule has 0 spiro atoms. The Morgan fingerprint density at radius 2 is 1.59 bits per heavy atom. The summed E-state index contributed by atoms with van der Waals surface area (Å²) in [5, 5.41) is 2.79. The lowest BCUT2D eigenvalue weighted by atomic mass is 10.1. The third-order valence-electron chi connectivity index (χ3n) is 5.61. The number of hydrogen-bond donors (Lipinski definition) is 1. The Morgan fingerprint density at radius 1 is 1.00 bits per heavy atom. The number of nitrogens with zero attached hydrogens (tertiary/aromatic N) is 2. The summed E-state index contributed by atoms with van der Waals surface area (Å²) in [7, 11) is -3.73. The third kappa shape index (κ3) is 5.48. The summed E-state index contributed by atoms with van der Waals surface area (Å²) in [5.41, 5.74) is 3.03. The van der Waals surface area contributed by atoms with E-state index in [-0.39, 0.29) is 5.91 Å². The fourth-order valence-corrected chi connectivity index (χ4v) is 5.33. The molecule has 0 bridgehead atoms. The predicted molar refractivity (Wildman–Crippen MR) is 128 cm³/mol. The Bertz CT molecular complexity index is 1090. The van der Waals surface area contributed by atoms with Crippen molar-refractivity contribution >= 4 is 33.2 Å². The van der Waals surface area contributed by atoms with Gasteiger partial charge in [0.2, 0.25) is 15.9 Å². The zero-order valence-electron chi connectivity index (χ0n) is 19.1. The van der Waals surface area contributed by atoms with Gasteiger partial charge in [-0.2, -0.15) is 0 Å². The quantitative estimate of drug-likeness (QED) is 0.716. The Hall–Kier alpha value is -2.87.